The maximum absolute atomic E-state index is 11.1. The smallest absolute Gasteiger partial charge is 0.234 e. The molecule has 17 heavy (non-hydrogen) atoms. The molecule has 0 saturated carbocycles. The fourth-order valence-electron chi connectivity index (χ4n) is 1.33. The summed E-state index contributed by atoms with van der Waals surface area (Å²) in [6.07, 6.45) is -0.132. The third-order valence-electron chi connectivity index (χ3n) is 2.18. The Bertz CT molecular complexity index is 438. The molecule has 1 amide bonds. The normalized spacial score (nSPS) is 9.24. The Labute approximate surface area is 100.0 Å². The lowest BCUT2D eigenvalue weighted by atomic mass is 10.2. The van der Waals surface area contributed by atoms with Crippen molar-refractivity contribution in [3.05, 3.63) is 23.8 Å². The van der Waals surface area contributed by atoms with Gasteiger partial charge in [-0.15, -0.1) is 0 Å². The molecule has 0 unspecified atom stereocenters. The van der Waals surface area contributed by atoms with Gasteiger partial charge in [0, 0.05) is 6.54 Å². The summed E-state index contributed by atoms with van der Waals surface area (Å²) in [5, 5.41) is 11.0. The summed E-state index contributed by atoms with van der Waals surface area (Å²) in [6, 6.07) is 7.17. The summed E-state index contributed by atoms with van der Waals surface area (Å²) in [4.78, 5) is 11.1. The van der Waals surface area contributed by atoms with Crippen molar-refractivity contribution >= 4 is 5.91 Å². The summed E-state index contributed by atoms with van der Waals surface area (Å²) in [5.41, 5.74) is 0.883. The number of hydrogen-bond acceptors (Lipinski definition) is 4. The molecule has 0 radical (unpaired) electrons. The summed E-state index contributed by atoms with van der Waals surface area (Å²) < 4.78 is 10.2. The van der Waals surface area contributed by atoms with Crippen LogP contribution in [-0.4, -0.2) is 20.1 Å². The first-order valence-electron chi connectivity index (χ1n) is 5.05. The average molecular weight is 234 g/mol. The minimum atomic E-state index is -0.290. The van der Waals surface area contributed by atoms with Gasteiger partial charge in [0.25, 0.3) is 0 Å². The molecule has 0 aliphatic rings. The molecule has 1 rings (SSSR count). The highest BCUT2D eigenvalue weighted by Gasteiger charge is 2.05. The largest absolute Gasteiger partial charge is 0.493 e. The number of nitrogens with one attached hydrogen (secondary N) is 1. The number of carbonyl (C=O) groups is 1. The topological polar surface area (TPSA) is 71.3 Å². The van der Waals surface area contributed by atoms with Crippen LogP contribution in [-0.2, 0) is 11.3 Å². The maximum atomic E-state index is 11.1. The first-order valence-corrected chi connectivity index (χ1v) is 5.05. The average Bonchev–Trinajstić information content (AvgIpc) is 2.36. The number of amides is 1. The van der Waals surface area contributed by atoms with Crippen molar-refractivity contribution in [2.24, 2.45) is 0 Å². The molecule has 0 aliphatic heterocycles. The third kappa shape index (κ3) is 3.68. The summed E-state index contributed by atoms with van der Waals surface area (Å²) in [7, 11) is 3.11. The lowest BCUT2D eigenvalue weighted by molar-refractivity contribution is -0.120. The van der Waals surface area contributed by atoms with Crippen LogP contribution in [0.5, 0.6) is 11.5 Å². The first-order chi connectivity index (χ1) is 8.21. The molecule has 1 N–H and O–H groups in total. The van der Waals surface area contributed by atoms with Crippen LogP contribution in [0.3, 0.4) is 0 Å². The molecule has 0 fully saturated rings. The highest BCUT2D eigenvalue weighted by Crippen LogP contribution is 2.27. The number of nitriles is 1. The Morgan fingerprint density at radius 3 is 2.65 bits per heavy atom. The molecule has 0 spiro atoms. The summed E-state index contributed by atoms with van der Waals surface area (Å²) in [5.74, 6) is 0.960. The molecule has 0 aromatic heterocycles. The van der Waals surface area contributed by atoms with Crippen LogP contribution in [0.1, 0.15) is 12.0 Å². The number of hydrogen-bond donors (Lipinski definition) is 1. The van der Waals surface area contributed by atoms with Gasteiger partial charge in [-0.1, -0.05) is 6.07 Å². The van der Waals surface area contributed by atoms with Crippen molar-refractivity contribution in [3.8, 4) is 17.6 Å². The number of carbonyl (C=O) groups excluding carboxylic acids is 1. The van der Waals surface area contributed by atoms with Gasteiger partial charge in [-0.25, -0.2) is 0 Å². The van der Waals surface area contributed by atoms with Crippen LogP contribution in [0.15, 0.2) is 18.2 Å². The van der Waals surface area contributed by atoms with Crippen LogP contribution in [0, 0.1) is 11.3 Å². The van der Waals surface area contributed by atoms with Gasteiger partial charge in [-0.3, -0.25) is 4.79 Å². The number of ether oxygens (including phenoxy) is 2. The maximum Gasteiger partial charge on any atom is 0.234 e. The molecular weight excluding hydrogens is 220 g/mol. The van der Waals surface area contributed by atoms with E-state index in [1.165, 1.54) is 0 Å². The lowest BCUT2D eigenvalue weighted by Gasteiger charge is -2.09. The second-order valence-corrected chi connectivity index (χ2v) is 3.30. The fourth-order valence-corrected chi connectivity index (χ4v) is 1.33. The van der Waals surface area contributed by atoms with Crippen molar-refractivity contribution in [2.45, 2.75) is 13.0 Å². The Morgan fingerprint density at radius 1 is 1.35 bits per heavy atom. The zero-order chi connectivity index (χ0) is 12.7. The van der Waals surface area contributed by atoms with E-state index in [-0.39, 0.29) is 12.3 Å². The van der Waals surface area contributed by atoms with Crippen LogP contribution < -0.4 is 14.8 Å². The fraction of sp³-hybridized carbons (Fsp3) is 0.333. The van der Waals surface area contributed by atoms with E-state index in [1.54, 1.807) is 32.4 Å². The SMILES string of the molecule is COc1ccc(CNC(=O)CC#N)cc1OC. The highest BCUT2D eigenvalue weighted by molar-refractivity contribution is 5.77. The zero-order valence-corrected chi connectivity index (χ0v) is 9.82. The molecule has 1 aromatic rings. The number of benzene rings is 1. The van der Waals surface area contributed by atoms with E-state index >= 15 is 0 Å². The second kappa shape index (κ2) is 6.38. The van der Waals surface area contributed by atoms with Gasteiger partial charge in [0.2, 0.25) is 5.91 Å². The third-order valence-corrected chi connectivity index (χ3v) is 2.18. The van der Waals surface area contributed by atoms with Crippen LogP contribution >= 0.6 is 0 Å². The van der Waals surface area contributed by atoms with E-state index in [2.05, 4.69) is 5.32 Å². The summed E-state index contributed by atoms with van der Waals surface area (Å²) in [6.45, 7) is 0.362. The lowest BCUT2D eigenvalue weighted by Crippen LogP contribution is -2.21. The number of rotatable bonds is 5. The molecule has 0 atom stereocenters. The Morgan fingerprint density at radius 2 is 2.06 bits per heavy atom. The van der Waals surface area contributed by atoms with Crippen molar-refractivity contribution in [1.82, 2.24) is 5.32 Å². The molecule has 0 aliphatic carbocycles. The minimum Gasteiger partial charge on any atom is -0.493 e. The van der Waals surface area contributed by atoms with Gasteiger partial charge in [0.05, 0.1) is 20.3 Å². The number of nitrogens with zero attached hydrogens (tertiary/aromatic N) is 1. The predicted molar refractivity (Wildman–Crippen MR) is 61.6 cm³/mol. The van der Waals surface area contributed by atoms with Crippen molar-refractivity contribution in [3.63, 3.8) is 0 Å². The van der Waals surface area contributed by atoms with Gasteiger partial charge in [-0.2, -0.15) is 5.26 Å². The Hall–Kier alpha value is -2.22. The van der Waals surface area contributed by atoms with Crippen molar-refractivity contribution < 1.29 is 14.3 Å². The van der Waals surface area contributed by atoms with Crippen LogP contribution in [0.25, 0.3) is 0 Å². The molecular formula is C12H14N2O3. The quantitative estimate of drug-likeness (QED) is 0.831. The Balaban J connectivity index is 2.67. The monoisotopic (exact) mass is 234 g/mol. The van der Waals surface area contributed by atoms with Gasteiger partial charge in [-0.05, 0) is 17.7 Å². The predicted octanol–water partition coefficient (Wildman–Crippen LogP) is 1.23. The molecule has 5 heteroatoms. The highest BCUT2D eigenvalue weighted by atomic mass is 16.5. The molecule has 5 nitrogen and oxygen atoms in total. The zero-order valence-electron chi connectivity index (χ0n) is 9.82. The first kappa shape index (κ1) is 12.8. The van der Waals surface area contributed by atoms with Gasteiger partial charge < -0.3 is 14.8 Å². The Kier molecular flexibility index (Phi) is 4.82. The molecule has 90 valence electrons. The van der Waals surface area contributed by atoms with Crippen molar-refractivity contribution in [1.29, 1.82) is 5.26 Å². The van der Waals surface area contributed by atoms with Crippen LogP contribution in [0.2, 0.25) is 0 Å². The van der Waals surface area contributed by atoms with Crippen LogP contribution in [0.4, 0.5) is 0 Å². The van der Waals surface area contributed by atoms with E-state index in [0.29, 0.717) is 18.0 Å². The van der Waals surface area contributed by atoms with E-state index in [4.69, 9.17) is 14.7 Å². The van der Waals surface area contributed by atoms with E-state index in [1.807, 2.05) is 6.07 Å². The molecule has 0 bridgehead atoms. The van der Waals surface area contributed by atoms with Gasteiger partial charge in [0.1, 0.15) is 6.42 Å². The molecule has 0 heterocycles. The minimum absolute atomic E-state index is 0.132. The van der Waals surface area contributed by atoms with E-state index in [9.17, 15) is 4.79 Å². The van der Waals surface area contributed by atoms with Gasteiger partial charge in [0.15, 0.2) is 11.5 Å². The molecule has 0 saturated heterocycles. The number of methoxy groups -OCH3 is 2. The van der Waals surface area contributed by atoms with Gasteiger partial charge >= 0.3 is 0 Å². The standard InChI is InChI=1S/C12H14N2O3/c1-16-10-4-3-9(7-11(10)17-2)8-14-12(15)5-6-13/h3-4,7H,5,8H2,1-2H3,(H,14,15). The van der Waals surface area contributed by atoms with E-state index < -0.39 is 0 Å². The second-order valence-electron chi connectivity index (χ2n) is 3.30. The van der Waals surface area contributed by atoms with Crippen molar-refractivity contribution in [2.75, 3.05) is 14.2 Å². The molecule has 1 aromatic carbocycles. The van der Waals surface area contributed by atoms with E-state index in [0.717, 1.165) is 5.56 Å². The summed E-state index contributed by atoms with van der Waals surface area (Å²) >= 11 is 0.